The third-order valence-electron chi connectivity index (χ3n) is 6.56. The number of carbonyl (C=O) groups is 2. The zero-order valence-electron chi connectivity index (χ0n) is 22.4. The standard InChI is InChI=1S/C33H30FN3O4/c34-28-12-5-6-13-29(28)37-33(39)27-19-23-9-2-4-11-25(23)21-31(27)41-17-15-36-32(38)26-18-22-8-1-3-10-24(22)20-30(26)40-16-7-14-35/h1-6,8-13,18-21H,7,14-17,35H2,(H,36,38)(H,37,39). The van der Waals surface area contributed by atoms with Gasteiger partial charge in [0.25, 0.3) is 11.8 Å². The second-order valence-electron chi connectivity index (χ2n) is 9.42. The highest BCUT2D eigenvalue weighted by molar-refractivity contribution is 6.08. The molecule has 41 heavy (non-hydrogen) atoms. The number of carbonyl (C=O) groups excluding carboxylic acids is 2. The summed E-state index contributed by atoms with van der Waals surface area (Å²) in [6, 6.07) is 28.4. The summed E-state index contributed by atoms with van der Waals surface area (Å²) < 4.78 is 26.0. The molecule has 0 aliphatic carbocycles. The van der Waals surface area contributed by atoms with Crippen molar-refractivity contribution >= 4 is 39.0 Å². The molecule has 7 nitrogen and oxygen atoms in total. The summed E-state index contributed by atoms with van der Waals surface area (Å²) in [5.74, 6) is -0.541. The van der Waals surface area contributed by atoms with Crippen molar-refractivity contribution in [2.45, 2.75) is 6.42 Å². The summed E-state index contributed by atoms with van der Waals surface area (Å²) >= 11 is 0. The Morgan fingerprint density at radius 3 is 1.78 bits per heavy atom. The fraction of sp³-hybridized carbons (Fsp3) is 0.152. The van der Waals surface area contributed by atoms with Crippen molar-refractivity contribution in [3.05, 3.63) is 114 Å². The first-order valence-corrected chi connectivity index (χ1v) is 13.4. The molecular formula is C33H30FN3O4. The lowest BCUT2D eigenvalue weighted by molar-refractivity contribution is 0.0940. The van der Waals surface area contributed by atoms with Crippen molar-refractivity contribution in [3.8, 4) is 11.5 Å². The summed E-state index contributed by atoms with van der Waals surface area (Å²) in [5.41, 5.74) is 6.34. The van der Waals surface area contributed by atoms with E-state index in [4.69, 9.17) is 15.2 Å². The number of ether oxygens (including phenoxy) is 2. The van der Waals surface area contributed by atoms with E-state index in [9.17, 15) is 14.0 Å². The van der Waals surface area contributed by atoms with Gasteiger partial charge < -0.3 is 25.8 Å². The van der Waals surface area contributed by atoms with Crippen LogP contribution in [0.1, 0.15) is 27.1 Å². The maximum absolute atomic E-state index is 14.2. The van der Waals surface area contributed by atoms with Crippen LogP contribution < -0.4 is 25.8 Å². The summed E-state index contributed by atoms with van der Waals surface area (Å²) in [6.45, 7) is 1.16. The Morgan fingerprint density at radius 2 is 1.20 bits per heavy atom. The smallest absolute Gasteiger partial charge is 0.259 e. The molecule has 0 atom stereocenters. The Morgan fingerprint density at radius 1 is 0.683 bits per heavy atom. The molecule has 0 radical (unpaired) electrons. The largest absolute Gasteiger partial charge is 0.493 e. The molecule has 0 unspecified atom stereocenters. The molecule has 5 aromatic carbocycles. The Hall–Kier alpha value is -4.95. The maximum atomic E-state index is 14.2. The van der Waals surface area contributed by atoms with Gasteiger partial charge in [0, 0.05) is 0 Å². The number of fused-ring (bicyclic) bond motifs is 2. The minimum Gasteiger partial charge on any atom is -0.493 e. The average Bonchev–Trinajstić information content (AvgIpc) is 2.99. The fourth-order valence-electron chi connectivity index (χ4n) is 4.47. The first kappa shape index (κ1) is 27.6. The van der Waals surface area contributed by atoms with Gasteiger partial charge in [0.1, 0.15) is 23.9 Å². The van der Waals surface area contributed by atoms with E-state index in [1.807, 2.05) is 54.6 Å². The van der Waals surface area contributed by atoms with Crippen LogP contribution in [0.2, 0.25) is 0 Å². The monoisotopic (exact) mass is 551 g/mol. The molecule has 0 heterocycles. The number of nitrogens with two attached hydrogens (primary N) is 1. The third-order valence-corrected chi connectivity index (χ3v) is 6.56. The zero-order chi connectivity index (χ0) is 28.6. The van der Waals surface area contributed by atoms with Crippen molar-refractivity contribution in [1.29, 1.82) is 0 Å². The first-order chi connectivity index (χ1) is 20.0. The van der Waals surface area contributed by atoms with E-state index in [1.165, 1.54) is 12.1 Å². The van der Waals surface area contributed by atoms with E-state index in [-0.39, 0.29) is 30.3 Å². The zero-order valence-corrected chi connectivity index (χ0v) is 22.4. The molecule has 0 saturated heterocycles. The van der Waals surface area contributed by atoms with Crippen LogP contribution in [0, 0.1) is 5.82 Å². The SMILES string of the molecule is NCCCOc1cc2ccccc2cc1C(=O)NCCOc1cc2ccccc2cc1C(=O)Nc1ccccc1F. The van der Waals surface area contributed by atoms with Crippen LogP contribution in [-0.2, 0) is 0 Å². The minimum absolute atomic E-state index is 0.0729. The second kappa shape index (κ2) is 12.9. The normalized spacial score (nSPS) is 10.9. The first-order valence-electron chi connectivity index (χ1n) is 13.4. The number of rotatable bonds is 11. The quantitative estimate of drug-likeness (QED) is 0.177. The number of hydrogen-bond acceptors (Lipinski definition) is 5. The molecule has 0 bridgehead atoms. The van der Waals surface area contributed by atoms with Crippen molar-refractivity contribution in [2.75, 3.05) is 31.6 Å². The molecule has 0 fully saturated rings. The van der Waals surface area contributed by atoms with Crippen LogP contribution in [0.5, 0.6) is 11.5 Å². The van der Waals surface area contributed by atoms with Crippen LogP contribution in [0.3, 0.4) is 0 Å². The Bertz CT molecular complexity index is 1710. The fourth-order valence-corrected chi connectivity index (χ4v) is 4.47. The Balaban J connectivity index is 1.30. The molecule has 0 saturated carbocycles. The lowest BCUT2D eigenvalue weighted by Crippen LogP contribution is -2.29. The summed E-state index contributed by atoms with van der Waals surface area (Å²) in [5, 5.41) is 9.10. The summed E-state index contributed by atoms with van der Waals surface area (Å²) in [7, 11) is 0. The van der Waals surface area contributed by atoms with Gasteiger partial charge in [0.05, 0.1) is 30.0 Å². The van der Waals surface area contributed by atoms with Crippen LogP contribution in [-0.4, -0.2) is 38.1 Å². The number of benzene rings is 5. The van der Waals surface area contributed by atoms with Crippen LogP contribution >= 0.6 is 0 Å². The number of para-hydroxylation sites is 1. The topological polar surface area (TPSA) is 103 Å². The molecule has 0 spiro atoms. The van der Waals surface area contributed by atoms with E-state index in [0.717, 1.165) is 21.5 Å². The molecule has 0 aromatic heterocycles. The van der Waals surface area contributed by atoms with Gasteiger partial charge in [-0.3, -0.25) is 9.59 Å². The van der Waals surface area contributed by atoms with Gasteiger partial charge in [-0.2, -0.15) is 0 Å². The average molecular weight is 552 g/mol. The van der Waals surface area contributed by atoms with Gasteiger partial charge in [0.15, 0.2) is 0 Å². The molecular weight excluding hydrogens is 521 g/mol. The van der Waals surface area contributed by atoms with Crippen LogP contribution in [0.25, 0.3) is 21.5 Å². The van der Waals surface area contributed by atoms with Gasteiger partial charge in [0.2, 0.25) is 0 Å². The van der Waals surface area contributed by atoms with E-state index in [0.29, 0.717) is 36.6 Å². The number of nitrogens with one attached hydrogen (secondary N) is 2. The lowest BCUT2D eigenvalue weighted by Gasteiger charge is -2.15. The van der Waals surface area contributed by atoms with Gasteiger partial charge in [-0.25, -0.2) is 4.39 Å². The Kier molecular flexibility index (Phi) is 8.71. The van der Waals surface area contributed by atoms with Crippen LogP contribution in [0.15, 0.2) is 97.1 Å². The van der Waals surface area contributed by atoms with Crippen molar-refractivity contribution < 1.29 is 23.5 Å². The van der Waals surface area contributed by atoms with Crippen molar-refractivity contribution in [2.24, 2.45) is 5.73 Å². The molecule has 0 aliphatic heterocycles. The molecule has 2 amide bonds. The number of hydrogen-bond donors (Lipinski definition) is 3. The van der Waals surface area contributed by atoms with Gasteiger partial charge in [-0.05, 0) is 70.9 Å². The summed E-state index contributed by atoms with van der Waals surface area (Å²) in [6.07, 6.45) is 0.667. The minimum atomic E-state index is -0.535. The highest BCUT2D eigenvalue weighted by atomic mass is 19.1. The van der Waals surface area contributed by atoms with Crippen molar-refractivity contribution in [3.63, 3.8) is 0 Å². The number of halogens is 1. The highest BCUT2D eigenvalue weighted by Gasteiger charge is 2.17. The van der Waals surface area contributed by atoms with E-state index in [1.54, 1.807) is 30.3 Å². The predicted molar refractivity (Wildman–Crippen MR) is 159 cm³/mol. The summed E-state index contributed by atoms with van der Waals surface area (Å²) in [4.78, 5) is 26.3. The van der Waals surface area contributed by atoms with Gasteiger partial charge in [-0.15, -0.1) is 0 Å². The third kappa shape index (κ3) is 6.62. The van der Waals surface area contributed by atoms with Gasteiger partial charge >= 0.3 is 0 Å². The van der Waals surface area contributed by atoms with E-state index >= 15 is 0 Å². The van der Waals surface area contributed by atoms with E-state index in [2.05, 4.69) is 10.6 Å². The van der Waals surface area contributed by atoms with Crippen LogP contribution in [0.4, 0.5) is 10.1 Å². The second-order valence-corrected chi connectivity index (χ2v) is 9.42. The number of anilines is 1. The lowest BCUT2D eigenvalue weighted by atomic mass is 10.0. The predicted octanol–water partition coefficient (Wildman–Crippen LogP) is 5.92. The van der Waals surface area contributed by atoms with E-state index < -0.39 is 11.7 Å². The highest BCUT2D eigenvalue weighted by Crippen LogP contribution is 2.28. The molecule has 0 aliphatic rings. The van der Waals surface area contributed by atoms with Crippen molar-refractivity contribution in [1.82, 2.24) is 5.32 Å². The van der Waals surface area contributed by atoms with Gasteiger partial charge in [-0.1, -0.05) is 60.7 Å². The molecule has 5 rings (SSSR count). The molecule has 208 valence electrons. The molecule has 8 heteroatoms. The number of amides is 2. The maximum Gasteiger partial charge on any atom is 0.259 e. The Labute approximate surface area is 237 Å². The molecule has 4 N–H and O–H groups in total. The molecule has 5 aromatic rings.